The molecule has 5 atom stereocenters. The van der Waals surface area contributed by atoms with Crippen LogP contribution in [-0.4, -0.2) is 69.9 Å². The number of alkyl halides is 2. The normalized spacial score (nSPS) is 24.8. The number of imidazole rings is 1. The highest BCUT2D eigenvalue weighted by molar-refractivity contribution is 7.52. The minimum Gasteiger partial charge on any atom is -0.462 e. The first-order valence-electron chi connectivity index (χ1n) is 12.8. The van der Waals surface area contributed by atoms with Crippen molar-refractivity contribution in [3.8, 4) is 5.75 Å². The molecule has 1 aliphatic rings. The van der Waals surface area contributed by atoms with Gasteiger partial charge in [-0.2, -0.15) is 15.1 Å². The van der Waals surface area contributed by atoms with E-state index in [1.165, 1.54) is 30.0 Å². The van der Waals surface area contributed by atoms with E-state index in [1.807, 2.05) is 0 Å². The van der Waals surface area contributed by atoms with E-state index in [9.17, 15) is 9.36 Å². The Morgan fingerprint density at radius 1 is 1.27 bits per heavy atom. The number of ether oxygens (including phenoxy) is 2. The number of aromatic nitrogens is 4. The predicted octanol–water partition coefficient (Wildman–Crippen LogP) is 3.92. The first-order chi connectivity index (χ1) is 19.1. The second kappa shape index (κ2) is 11.5. The zero-order chi connectivity index (χ0) is 30.2. The van der Waals surface area contributed by atoms with Crippen molar-refractivity contribution in [1.29, 1.82) is 0 Å². The van der Waals surface area contributed by atoms with Crippen LogP contribution in [0, 0.1) is 0 Å². The molecule has 2 aromatic heterocycles. The minimum atomic E-state index is -4.43. The second-order valence-electron chi connectivity index (χ2n) is 10.4. The number of hydrogen-bond donors (Lipinski definition) is 2. The first kappa shape index (κ1) is 30.6. The lowest BCUT2D eigenvalue weighted by Gasteiger charge is -2.26. The van der Waals surface area contributed by atoms with Gasteiger partial charge in [0.1, 0.15) is 18.4 Å². The Morgan fingerprint density at radius 2 is 1.95 bits per heavy atom. The maximum Gasteiger partial charge on any atom is 0.459 e. The standard InChI is InChI=1S/C25H34F2N7O6P/c1-15(2)38-21(35)16(3)32-41(36,40-17-10-8-7-9-11-17)37-13-25(27)12-24(4,26)22(39-25)34-14-29-18-19(33(5)6)30-23(28)31-20(18)34/h7-11,14-16,22H,12-13H2,1-6H3,(H,32,36)(H2,28,30,31)/t16-,22+,24+,25-,41?/m0/s1. The Kier molecular flexibility index (Phi) is 8.55. The lowest BCUT2D eigenvalue weighted by atomic mass is 10.0. The third-order valence-corrected chi connectivity index (χ3v) is 7.64. The van der Waals surface area contributed by atoms with Crippen molar-refractivity contribution in [2.75, 3.05) is 31.3 Å². The van der Waals surface area contributed by atoms with Crippen molar-refractivity contribution in [2.24, 2.45) is 0 Å². The maximum absolute atomic E-state index is 16.1. The number of anilines is 2. The summed E-state index contributed by atoms with van der Waals surface area (Å²) in [7, 11) is -0.980. The quantitative estimate of drug-likeness (QED) is 0.243. The van der Waals surface area contributed by atoms with E-state index in [2.05, 4.69) is 20.0 Å². The van der Waals surface area contributed by atoms with Crippen LogP contribution >= 0.6 is 7.75 Å². The van der Waals surface area contributed by atoms with E-state index < -0.39 is 56.6 Å². The van der Waals surface area contributed by atoms with Gasteiger partial charge in [-0.3, -0.25) is 13.9 Å². The summed E-state index contributed by atoms with van der Waals surface area (Å²) in [5.41, 5.74) is 4.02. The molecule has 1 aromatic carbocycles. The molecule has 0 saturated carbocycles. The number of nitrogens with one attached hydrogen (secondary N) is 1. The summed E-state index contributed by atoms with van der Waals surface area (Å²) in [6.07, 6.45) is -1.50. The summed E-state index contributed by atoms with van der Waals surface area (Å²) in [6.45, 7) is 4.85. The van der Waals surface area contributed by atoms with E-state index in [0.717, 1.165) is 6.92 Å². The predicted molar refractivity (Wildman–Crippen MR) is 147 cm³/mol. The van der Waals surface area contributed by atoms with Gasteiger partial charge in [-0.25, -0.2) is 18.3 Å². The minimum absolute atomic E-state index is 0.0912. The van der Waals surface area contributed by atoms with Crippen molar-refractivity contribution >= 4 is 36.6 Å². The average molecular weight is 598 g/mol. The first-order valence-corrected chi connectivity index (χ1v) is 14.4. The van der Waals surface area contributed by atoms with Gasteiger partial charge in [0.15, 0.2) is 28.9 Å². The summed E-state index contributed by atoms with van der Waals surface area (Å²) in [4.78, 5) is 26.6. The van der Waals surface area contributed by atoms with Gasteiger partial charge in [0.2, 0.25) is 11.8 Å². The number of esters is 1. The molecule has 1 unspecified atom stereocenters. The van der Waals surface area contributed by atoms with Gasteiger partial charge < -0.3 is 24.6 Å². The highest BCUT2D eigenvalue weighted by Crippen LogP contribution is 2.52. The fraction of sp³-hybridized carbons (Fsp3) is 0.520. The number of carbonyl (C=O) groups is 1. The summed E-state index contributed by atoms with van der Waals surface area (Å²) >= 11 is 0. The molecule has 0 radical (unpaired) electrons. The lowest BCUT2D eigenvalue weighted by molar-refractivity contribution is -0.177. The number of hydrogen-bond acceptors (Lipinski definition) is 11. The molecule has 4 rings (SSSR count). The number of nitrogens with zero attached hydrogens (tertiary/aromatic N) is 5. The van der Waals surface area contributed by atoms with Crippen LogP contribution in [0.3, 0.4) is 0 Å². The SMILES string of the molecule is CC(C)OC(=O)[C@H](C)NP(=O)(OC[C@]1(F)C[C@@](C)(F)[C@H](n2cnc3c(N(C)C)nc(N)nc32)O1)Oc1ccccc1. The molecule has 1 aliphatic heterocycles. The molecule has 3 N–H and O–H groups in total. The van der Waals surface area contributed by atoms with Gasteiger partial charge in [0.25, 0.3) is 0 Å². The third kappa shape index (κ3) is 6.92. The van der Waals surface area contributed by atoms with E-state index in [0.29, 0.717) is 11.3 Å². The van der Waals surface area contributed by atoms with Crippen LogP contribution in [0.1, 0.15) is 40.3 Å². The van der Waals surface area contributed by atoms with Crippen LogP contribution in [0.4, 0.5) is 20.5 Å². The molecule has 13 nitrogen and oxygen atoms in total. The van der Waals surface area contributed by atoms with E-state index in [4.69, 9.17) is 24.3 Å². The highest BCUT2D eigenvalue weighted by atomic mass is 31.2. The van der Waals surface area contributed by atoms with Crippen molar-refractivity contribution < 1.29 is 36.7 Å². The van der Waals surface area contributed by atoms with Crippen LogP contribution in [0.2, 0.25) is 0 Å². The fourth-order valence-electron chi connectivity index (χ4n) is 4.32. The largest absolute Gasteiger partial charge is 0.462 e. The molecule has 224 valence electrons. The highest BCUT2D eigenvalue weighted by Gasteiger charge is 2.57. The van der Waals surface area contributed by atoms with Gasteiger partial charge in [-0.05, 0) is 39.8 Å². The number of para-hydroxylation sites is 1. The zero-order valence-corrected chi connectivity index (χ0v) is 24.5. The molecule has 41 heavy (non-hydrogen) atoms. The van der Waals surface area contributed by atoms with Crippen LogP contribution in [0.15, 0.2) is 36.7 Å². The van der Waals surface area contributed by atoms with Crippen molar-refractivity contribution in [1.82, 2.24) is 24.6 Å². The summed E-state index contributed by atoms with van der Waals surface area (Å²) in [5, 5.41) is 2.46. The van der Waals surface area contributed by atoms with Gasteiger partial charge in [0.05, 0.1) is 12.4 Å². The Labute approximate surface area is 235 Å². The summed E-state index contributed by atoms with van der Waals surface area (Å²) < 4.78 is 68.6. The monoisotopic (exact) mass is 597 g/mol. The van der Waals surface area contributed by atoms with Crippen molar-refractivity contribution in [3.05, 3.63) is 36.7 Å². The van der Waals surface area contributed by atoms with Crippen LogP contribution in [0.5, 0.6) is 5.75 Å². The van der Waals surface area contributed by atoms with Gasteiger partial charge in [0, 0.05) is 20.5 Å². The molecular formula is C25H34F2N7O6P. The molecular weight excluding hydrogens is 563 g/mol. The lowest BCUT2D eigenvalue weighted by Crippen LogP contribution is -2.38. The van der Waals surface area contributed by atoms with Crippen molar-refractivity contribution in [2.45, 2.75) is 64.0 Å². The topological polar surface area (TPSA) is 156 Å². The molecule has 3 aromatic rings. The number of fused-ring (bicyclic) bond motifs is 1. The third-order valence-electron chi connectivity index (χ3n) is 6.02. The van der Waals surface area contributed by atoms with Gasteiger partial charge in [-0.15, -0.1) is 0 Å². The molecule has 1 saturated heterocycles. The molecule has 0 bridgehead atoms. The maximum atomic E-state index is 16.1. The Bertz CT molecular complexity index is 1440. The summed E-state index contributed by atoms with van der Waals surface area (Å²) in [5.74, 6) is -3.07. The molecule has 0 amide bonds. The van der Waals surface area contributed by atoms with Crippen LogP contribution < -0.4 is 20.2 Å². The second-order valence-corrected chi connectivity index (χ2v) is 12.1. The molecule has 3 heterocycles. The number of benzene rings is 1. The number of carbonyl (C=O) groups excluding carboxylic acids is 1. The Hall–Kier alpha value is -3.39. The summed E-state index contributed by atoms with van der Waals surface area (Å²) in [6, 6.07) is 6.80. The molecule has 1 fully saturated rings. The van der Waals surface area contributed by atoms with Crippen LogP contribution in [-0.2, 0) is 23.4 Å². The van der Waals surface area contributed by atoms with Crippen molar-refractivity contribution in [3.63, 3.8) is 0 Å². The molecule has 0 spiro atoms. The van der Waals surface area contributed by atoms with Gasteiger partial charge >= 0.3 is 13.7 Å². The smallest absolute Gasteiger partial charge is 0.459 e. The van der Waals surface area contributed by atoms with E-state index in [-0.39, 0.29) is 17.3 Å². The number of rotatable bonds is 11. The number of halogens is 2. The zero-order valence-electron chi connectivity index (χ0n) is 23.6. The van der Waals surface area contributed by atoms with E-state index >= 15 is 8.78 Å². The average Bonchev–Trinajstić information content (AvgIpc) is 3.39. The fourth-order valence-corrected chi connectivity index (χ4v) is 5.84. The number of nitrogen functional groups attached to an aromatic ring is 1. The van der Waals surface area contributed by atoms with E-state index in [1.54, 1.807) is 51.0 Å². The number of nitrogens with two attached hydrogens (primary N) is 1. The molecule has 16 heteroatoms. The van der Waals surface area contributed by atoms with Gasteiger partial charge in [-0.1, -0.05) is 18.2 Å². The van der Waals surface area contributed by atoms with Crippen LogP contribution in [0.25, 0.3) is 11.2 Å². The Morgan fingerprint density at radius 3 is 2.59 bits per heavy atom. The molecule has 0 aliphatic carbocycles. The Balaban J connectivity index is 1.58.